The molecule has 1 amide bonds. The summed E-state index contributed by atoms with van der Waals surface area (Å²) in [6.07, 6.45) is 0. The lowest BCUT2D eigenvalue weighted by Crippen LogP contribution is -3.08. The van der Waals surface area contributed by atoms with Crippen LogP contribution >= 0.6 is 11.3 Å². The van der Waals surface area contributed by atoms with E-state index in [1.807, 2.05) is 67.7 Å². The van der Waals surface area contributed by atoms with Crippen molar-refractivity contribution in [1.82, 2.24) is 0 Å². The Hall–Kier alpha value is -2.96. The zero-order chi connectivity index (χ0) is 20.6. The molecule has 0 spiro atoms. The van der Waals surface area contributed by atoms with Crippen LogP contribution in [0, 0.1) is 0 Å². The number of amides is 1. The smallest absolute Gasteiger partial charge is 0.341 e. The monoisotopic (exact) mass is 409 g/mol. The fraction of sp³-hybridized carbons (Fsp3) is 0.217. The van der Waals surface area contributed by atoms with Crippen molar-refractivity contribution in [2.24, 2.45) is 0 Å². The van der Waals surface area contributed by atoms with Gasteiger partial charge in [-0.15, -0.1) is 11.3 Å². The standard InChI is InChI=1S/C23H24N2O3S/c1-3-28-23(27)19-14-20(18-12-8-5-9-13-18)29-22(19)24-21(26)16-25(2)15-17-10-6-4-7-11-17/h4-14H,3,15-16H2,1-2H3,(H,24,26)/p+1. The highest BCUT2D eigenvalue weighted by Crippen LogP contribution is 2.35. The molecule has 0 bridgehead atoms. The molecule has 29 heavy (non-hydrogen) atoms. The summed E-state index contributed by atoms with van der Waals surface area (Å²) in [5.41, 5.74) is 2.56. The zero-order valence-electron chi connectivity index (χ0n) is 16.6. The highest BCUT2D eigenvalue weighted by atomic mass is 32.1. The summed E-state index contributed by atoms with van der Waals surface area (Å²) in [6.45, 7) is 3.10. The first-order valence-corrected chi connectivity index (χ1v) is 10.4. The molecule has 6 heteroatoms. The second-order valence-electron chi connectivity index (χ2n) is 6.78. The van der Waals surface area contributed by atoms with Crippen molar-refractivity contribution in [3.05, 3.63) is 77.9 Å². The molecule has 2 aromatic carbocycles. The second kappa shape index (κ2) is 10.0. The number of benzene rings is 2. The fourth-order valence-electron chi connectivity index (χ4n) is 3.04. The first kappa shape index (κ1) is 20.8. The number of likely N-dealkylation sites (N-methyl/N-ethyl adjacent to an activating group) is 1. The van der Waals surface area contributed by atoms with Gasteiger partial charge in [-0.3, -0.25) is 4.79 Å². The fourth-order valence-corrected chi connectivity index (χ4v) is 4.11. The number of hydrogen-bond acceptors (Lipinski definition) is 4. The topological polar surface area (TPSA) is 59.8 Å². The predicted molar refractivity (Wildman–Crippen MR) is 116 cm³/mol. The Labute approximate surface area is 174 Å². The van der Waals surface area contributed by atoms with E-state index in [-0.39, 0.29) is 12.5 Å². The van der Waals surface area contributed by atoms with Gasteiger partial charge in [0.05, 0.1) is 19.2 Å². The molecular weight excluding hydrogens is 384 g/mol. The molecule has 1 atom stereocenters. The molecular formula is C23H25N2O3S+. The summed E-state index contributed by atoms with van der Waals surface area (Å²) in [6, 6.07) is 21.6. The number of quaternary nitrogens is 1. The largest absolute Gasteiger partial charge is 0.462 e. The van der Waals surface area contributed by atoms with Gasteiger partial charge in [0.2, 0.25) is 0 Å². The highest BCUT2D eigenvalue weighted by molar-refractivity contribution is 7.20. The van der Waals surface area contributed by atoms with Crippen LogP contribution in [0.25, 0.3) is 10.4 Å². The Bertz CT molecular complexity index is 955. The quantitative estimate of drug-likeness (QED) is 0.562. The molecule has 0 fully saturated rings. The maximum Gasteiger partial charge on any atom is 0.341 e. The highest BCUT2D eigenvalue weighted by Gasteiger charge is 2.21. The minimum absolute atomic E-state index is 0.134. The number of ether oxygens (including phenoxy) is 1. The molecule has 0 aliphatic rings. The summed E-state index contributed by atoms with van der Waals surface area (Å²) in [5.74, 6) is -0.559. The summed E-state index contributed by atoms with van der Waals surface area (Å²) in [5, 5.41) is 3.44. The Kier molecular flexibility index (Phi) is 7.16. The third-order valence-corrected chi connectivity index (χ3v) is 5.45. The average Bonchev–Trinajstić information content (AvgIpc) is 3.13. The summed E-state index contributed by atoms with van der Waals surface area (Å²) < 4.78 is 5.17. The molecule has 3 aromatic rings. The van der Waals surface area contributed by atoms with Crippen molar-refractivity contribution in [3.8, 4) is 10.4 Å². The van der Waals surface area contributed by atoms with Crippen LogP contribution in [0.3, 0.4) is 0 Å². The van der Waals surface area contributed by atoms with Gasteiger partial charge >= 0.3 is 5.97 Å². The van der Waals surface area contributed by atoms with E-state index in [0.717, 1.165) is 21.9 Å². The van der Waals surface area contributed by atoms with Crippen molar-refractivity contribution in [3.63, 3.8) is 0 Å². The van der Waals surface area contributed by atoms with Gasteiger partial charge in [-0.2, -0.15) is 0 Å². The van der Waals surface area contributed by atoms with Gasteiger partial charge in [0, 0.05) is 10.4 Å². The van der Waals surface area contributed by atoms with Crippen molar-refractivity contribution < 1.29 is 19.2 Å². The number of thiophene rings is 1. The Balaban J connectivity index is 1.73. The van der Waals surface area contributed by atoms with E-state index in [0.29, 0.717) is 17.1 Å². The van der Waals surface area contributed by atoms with E-state index in [4.69, 9.17) is 4.74 Å². The van der Waals surface area contributed by atoms with E-state index in [2.05, 4.69) is 5.32 Å². The first-order valence-electron chi connectivity index (χ1n) is 9.58. The summed E-state index contributed by atoms with van der Waals surface area (Å²) in [7, 11) is 1.97. The normalized spacial score (nSPS) is 11.7. The van der Waals surface area contributed by atoms with Crippen molar-refractivity contribution in [2.75, 3.05) is 25.5 Å². The lowest BCUT2D eigenvalue weighted by atomic mass is 10.1. The predicted octanol–water partition coefficient (Wildman–Crippen LogP) is 3.25. The number of carbonyl (C=O) groups is 2. The molecule has 2 N–H and O–H groups in total. The van der Waals surface area contributed by atoms with Gasteiger partial charge in [0.1, 0.15) is 11.5 Å². The molecule has 0 radical (unpaired) electrons. The summed E-state index contributed by atoms with van der Waals surface area (Å²) >= 11 is 1.38. The summed E-state index contributed by atoms with van der Waals surface area (Å²) in [4.78, 5) is 27.0. The van der Waals surface area contributed by atoms with Crippen molar-refractivity contribution in [1.29, 1.82) is 0 Å². The Morgan fingerprint density at radius 1 is 1.03 bits per heavy atom. The number of carbonyl (C=O) groups excluding carboxylic acids is 2. The van der Waals surface area contributed by atoms with Crippen LogP contribution in [0.1, 0.15) is 22.8 Å². The molecule has 3 rings (SSSR count). The molecule has 1 heterocycles. The van der Waals surface area contributed by atoms with Crippen LogP contribution in [0.5, 0.6) is 0 Å². The number of anilines is 1. The SMILES string of the molecule is CCOC(=O)c1cc(-c2ccccc2)sc1NC(=O)C[NH+](C)Cc1ccccc1. The lowest BCUT2D eigenvalue weighted by Gasteiger charge is -2.14. The van der Waals surface area contributed by atoms with Gasteiger partial charge in [-0.05, 0) is 18.6 Å². The second-order valence-corrected chi connectivity index (χ2v) is 7.84. The van der Waals surface area contributed by atoms with E-state index >= 15 is 0 Å². The average molecular weight is 410 g/mol. The van der Waals surface area contributed by atoms with Crippen LogP contribution < -0.4 is 10.2 Å². The molecule has 1 aromatic heterocycles. The maximum atomic E-state index is 12.6. The number of rotatable bonds is 8. The third-order valence-electron chi connectivity index (χ3n) is 4.35. The number of nitrogens with one attached hydrogen (secondary N) is 2. The van der Waals surface area contributed by atoms with Gasteiger partial charge in [-0.25, -0.2) is 4.79 Å². The zero-order valence-corrected chi connectivity index (χ0v) is 17.4. The molecule has 150 valence electrons. The lowest BCUT2D eigenvalue weighted by molar-refractivity contribution is -0.885. The van der Waals surface area contributed by atoms with Crippen molar-refractivity contribution in [2.45, 2.75) is 13.5 Å². The third kappa shape index (κ3) is 5.76. The van der Waals surface area contributed by atoms with E-state index in [1.165, 1.54) is 16.9 Å². The molecule has 5 nitrogen and oxygen atoms in total. The van der Waals surface area contributed by atoms with Gasteiger partial charge in [0.15, 0.2) is 6.54 Å². The van der Waals surface area contributed by atoms with E-state index in [1.54, 1.807) is 13.0 Å². The first-order chi connectivity index (χ1) is 14.1. The molecule has 0 saturated heterocycles. The van der Waals surface area contributed by atoms with Crippen LogP contribution in [0.4, 0.5) is 5.00 Å². The minimum Gasteiger partial charge on any atom is -0.462 e. The van der Waals surface area contributed by atoms with Crippen molar-refractivity contribution >= 4 is 28.2 Å². The van der Waals surface area contributed by atoms with E-state index < -0.39 is 5.97 Å². The minimum atomic E-state index is -0.425. The number of hydrogen-bond donors (Lipinski definition) is 2. The number of esters is 1. The molecule has 0 saturated carbocycles. The van der Waals surface area contributed by atoms with E-state index in [9.17, 15) is 9.59 Å². The maximum absolute atomic E-state index is 12.6. The Morgan fingerprint density at radius 2 is 1.69 bits per heavy atom. The van der Waals surface area contributed by atoms with Crippen LogP contribution in [0.2, 0.25) is 0 Å². The molecule has 0 aliphatic heterocycles. The molecule has 0 aliphatic carbocycles. The van der Waals surface area contributed by atoms with Crippen LogP contribution in [0.15, 0.2) is 66.7 Å². The molecule has 1 unspecified atom stereocenters. The Morgan fingerprint density at radius 3 is 2.34 bits per heavy atom. The van der Waals surface area contributed by atoms with Gasteiger partial charge < -0.3 is 15.0 Å². The van der Waals surface area contributed by atoms with Gasteiger partial charge in [-0.1, -0.05) is 60.7 Å². The van der Waals surface area contributed by atoms with Crippen LogP contribution in [-0.4, -0.2) is 32.1 Å². The van der Waals surface area contributed by atoms with Gasteiger partial charge in [0.25, 0.3) is 5.91 Å². The van der Waals surface area contributed by atoms with Crippen LogP contribution in [-0.2, 0) is 16.1 Å².